The summed E-state index contributed by atoms with van der Waals surface area (Å²) in [4.78, 5) is 4.21. The van der Waals surface area contributed by atoms with E-state index in [-0.39, 0.29) is 0 Å². The predicted molar refractivity (Wildman–Crippen MR) is 129 cm³/mol. The summed E-state index contributed by atoms with van der Waals surface area (Å²) in [5.74, 6) is 0.817. The maximum atomic E-state index is 6.85. The third-order valence-electron chi connectivity index (χ3n) is 5.55. The highest BCUT2D eigenvalue weighted by molar-refractivity contribution is 7.22. The van der Waals surface area contributed by atoms with Crippen molar-refractivity contribution in [1.82, 2.24) is 4.98 Å². The Morgan fingerprint density at radius 1 is 0.935 bits per heavy atom. The number of allylic oxidation sites excluding steroid dienone is 3. The number of methoxy groups -OCH3 is 1. The Bertz CT molecular complexity index is 1080. The van der Waals surface area contributed by atoms with Gasteiger partial charge in [-0.15, -0.1) is 9.24 Å². The summed E-state index contributed by atoms with van der Waals surface area (Å²) in [6.45, 7) is 0.403. The van der Waals surface area contributed by atoms with Crippen LogP contribution in [0, 0.1) is 0 Å². The SMILES string of the molecule is COc1ccc(C(OCc2ccc(Cl)nc2)(C2=CC=C(P)CC2)c2ccccc2)cc1. The third kappa shape index (κ3) is 4.75. The molecule has 0 saturated heterocycles. The van der Waals surface area contributed by atoms with E-state index in [1.54, 1.807) is 19.4 Å². The summed E-state index contributed by atoms with van der Waals surface area (Å²) < 4.78 is 12.2. The van der Waals surface area contributed by atoms with E-state index in [4.69, 9.17) is 21.1 Å². The topological polar surface area (TPSA) is 31.4 Å². The molecule has 158 valence electrons. The molecule has 5 heteroatoms. The Morgan fingerprint density at radius 2 is 1.68 bits per heavy atom. The highest BCUT2D eigenvalue weighted by Crippen LogP contribution is 2.45. The van der Waals surface area contributed by atoms with Crippen molar-refractivity contribution in [3.63, 3.8) is 0 Å². The summed E-state index contributed by atoms with van der Waals surface area (Å²) in [6, 6.07) is 22.3. The Labute approximate surface area is 191 Å². The molecule has 1 aliphatic carbocycles. The van der Waals surface area contributed by atoms with Crippen LogP contribution >= 0.6 is 20.8 Å². The van der Waals surface area contributed by atoms with Gasteiger partial charge in [0.05, 0.1) is 13.7 Å². The van der Waals surface area contributed by atoms with Gasteiger partial charge in [-0.25, -0.2) is 4.98 Å². The maximum absolute atomic E-state index is 6.85. The minimum atomic E-state index is -0.727. The van der Waals surface area contributed by atoms with Crippen molar-refractivity contribution in [3.8, 4) is 5.75 Å². The second-order valence-corrected chi connectivity index (χ2v) is 8.62. The third-order valence-corrected chi connectivity index (χ3v) is 6.26. The molecule has 1 heterocycles. The number of nitrogens with zero attached hydrogens (tertiary/aromatic N) is 1. The standard InChI is InChI=1S/C26H25ClNO2P/c1-29-23-12-8-21(9-13-23)26(20-5-3-2-4-6-20,22-10-14-24(31)15-11-22)30-18-19-7-16-25(27)28-17-19/h2-10,12-14,16-17H,11,15,18,31H2,1H3. The molecule has 0 radical (unpaired) electrons. The molecule has 2 atom stereocenters. The van der Waals surface area contributed by atoms with Crippen molar-refractivity contribution in [1.29, 1.82) is 0 Å². The molecule has 3 nitrogen and oxygen atoms in total. The lowest BCUT2D eigenvalue weighted by molar-refractivity contribution is -0.00534. The van der Waals surface area contributed by atoms with E-state index < -0.39 is 5.60 Å². The van der Waals surface area contributed by atoms with Gasteiger partial charge in [0.25, 0.3) is 0 Å². The molecular weight excluding hydrogens is 425 g/mol. The zero-order valence-electron chi connectivity index (χ0n) is 17.4. The minimum Gasteiger partial charge on any atom is -0.497 e. The van der Waals surface area contributed by atoms with E-state index in [0.717, 1.165) is 35.3 Å². The van der Waals surface area contributed by atoms with Crippen LogP contribution in [0.1, 0.15) is 29.5 Å². The van der Waals surface area contributed by atoms with E-state index in [1.165, 1.54) is 10.9 Å². The van der Waals surface area contributed by atoms with Crippen LogP contribution in [-0.2, 0) is 16.9 Å². The average molecular weight is 450 g/mol. The Hall–Kier alpha value is -2.45. The normalized spacial score (nSPS) is 15.6. The minimum absolute atomic E-state index is 0.403. The number of ether oxygens (including phenoxy) is 2. The van der Waals surface area contributed by atoms with Crippen molar-refractivity contribution in [2.24, 2.45) is 0 Å². The first-order valence-electron chi connectivity index (χ1n) is 10.2. The molecule has 3 aromatic rings. The van der Waals surface area contributed by atoms with E-state index in [2.05, 4.69) is 62.8 Å². The summed E-state index contributed by atoms with van der Waals surface area (Å²) >= 11 is 5.98. The highest BCUT2D eigenvalue weighted by atomic mass is 35.5. The van der Waals surface area contributed by atoms with Crippen molar-refractivity contribution in [2.45, 2.75) is 25.0 Å². The number of pyridine rings is 1. The largest absolute Gasteiger partial charge is 0.497 e. The number of benzene rings is 2. The molecule has 0 spiro atoms. The van der Waals surface area contributed by atoms with Gasteiger partial charge in [-0.1, -0.05) is 77.6 Å². The van der Waals surface area contributed by atoms with Gasteiger partial charge in [-0.3, -0.25) is 0 Å². The second-order valence-electron chi connectivity index (χ2n) is 7.49. The molecule has 0 saturated carbocycles. The molecule has 31 heavy (non-hydrogen) atoms. The molecule has 0 fully saturated rings. The number of halogens is 1. The summed E-state index contributed by atoms with van der Waals surface area (Å²) in [7, 11) is 4.50. The molecule has 0 N–H and O–H groups in total. The smallest absolute Gasteiger partial charge is 0.140 e. The lowest BCUT2D eigenvalue weighted by atomic mass is 9.76. The van der Waals surface area contributed by atoms with Crippen molar-refractivity contribution >= 4 is 20.8 Å². The van der Waals surface area contributed by atoms with Crippen LogP contribution in [0.25, 0.3) is 0 Å². The zero-order chi connectivity index (χ0) is 21.7. The van der Waals surface area contributed by atoms with Crippen LogP contribution in [0.3, 0.4) is 0 Å². The number of hydrogen-bond acceptors (Lipinski definition) is 3. The first-order valence-corrected chi connectivity index (χ1v) is 11.2. The van der Waals surface area contributed by atoms with E-state index >= 15 is 0 Å². The van der Waals surface area contributed by atoms with Crippen LogP contribution in [0.15, 0.2) is 96.0 Å². The molecule has 0 aliphatic heterocycles. The van der Waals surface area contributed by atoms with Crippen molar-refractivity contribution < 1.29 is 9.47 Å². The van der Waals surface area contributed by atoms with Gasteiger partial charge in [0, 0.05) is 6.20 Å². The van der Waals surface area contributed by atoms with E-state index in [1.807, 2.05) is 24.3 Å². The molecule has 0 amide bonds. The van der Waals surface area contributed by atoms with Crippen LogP contribution in [0.5, 0.6) is 5.75 Å². The van der Waals surface area contributed by atoms with Crippen LogP contribution in [0.2, 0.25) is 5.15 Å². The fourth-order valence-corrected chi connectivity index (χ4v) is 4.28. The fourth-order valence-electron chi connectivity index (χ4n) is 3.93. The van der Waals surface area contributed by atoms with Gasteiger partial charge >= 0.3 is 0 Å². The molecule has 2 aromatic carbocycles. The van der Waals surface area contributed by atoms with Gasteiger partial charge < -0.3 is 9.47 Å². The van der Waals surface area contributed by atoms with Crippen LogP contribution in [0.4, 0.5) is 0 Å². The lowest BCUT2D eigenvalue weighted by Gasteiger charge is -2.38. The molecule has 2 unspecified atom stereocenters. The van der Waals surface area contributed by atoms with Crippen molar-refractivity contribution in [2.75, 3.05) is 7.11 Å². The lowest BCUT2D eigenvalue weighted by Crippen LogP contribution is -2.34. The molecule has 4 rings (SSSR count). The molecule has 1 aromatic heterocycles. The summed E-state index contributed by atoms with van der Waals surface area (Å²) in [6.07, 6.45) is 8.02. The zero-order valence-corrected chi connectivity index (χ0v) is 19.3. The van der Waals surface area contributed by atoms with Crippen LogP contribution in [-0.4, -0.2) is 12.1 Å². The molecule has 1 aliphatic rings. The number of aromatic nitrogens is 1. The second kappa shape index (κ2) is 9.78. The number of rotatable bonds is 7. The average Bonchev–Trinajstić information content (AvgIpc) is 2.82. The monoisotopic (exact) mass is 449 g/mol. The Morgan fingerprint density at radius 3 is 2.29 bits per heavy atom. The maximum Gasteiger partial charge on any atom is 0.140 e. The van der Waals surface area contributed by atoms with E-state index in [9.17, 15) is 0 Å². The van der Waals surface area contributed by atoms with Gasteiger partial charge in [0.2, 0.25) is 0 Å². The van der Waals surface area contributed by atoms with Crippen LogP contribution < -0.4 is 4.74 Å². The van der Waals surface area contributed by atoms with Gasteiger partial charge in [-0.05, 0) is 53.3 Å². The Kier molecular flexibility index (Phi) is 6.87. The number of hydrogen-bond donors (Lipinski definition) is 0. The van der Waals surface area contributed by atoms with E-state index in [0.29, 0.717) is 11.8 Å². The summed E-state index contributed by atoms with van der Waals surface area (Å²) in [5.41, 5.74) is 3.62. The first kappa shape index (κ1) is 21.8. The summed E-state index contributed by atoms with van der Waals surface area (Å²) in [5, 5.41) is 1.77. The predicted octanol–water partition coefficient (Wildman–Crippen LogP) is 6.68. The fraction of sp³-hybridized carbons (Fsp3) is 0.192. The van der Waals surface area contributed by atoms with Crippen molar-refractivity contribution in [3.05, 3.63) is 118 Å². The first-order chi connectivity index (χ1) is 15.1. The van der Waals surface area contributed by atoms with Gasteiger partial charge in [0.15, 0.2) is 0 Å². The highest BCUT2D eigenvalue weighted by Gasteiger charge is 2.39. The van der Waals surface area contributed by atoms with Gasteiger partial charge in [-0.2, -0.15) is 0 Å². The molecule has 0 bridgehead atoms. The quantitative estimate of drug-likeness (QED) is 0.297. The Balaban J connectivity index is 1.85. The molecular formula is C26H25ClNO2P. The van der Waals surface area contributed by atoms with Gasteiger partial charge in [0.1, 0.15) is 16.5 Å².